The van der Waals surface area contributed by atoms with Gasteiger partial charge in [0.15, 0.2) is 5.96 Å². The van der Waals surface area contributed by atoms with Gasteiger partial charge in [-0.15, -0.1) is 24.0 Å². The Balaban J connectivity index is 0. The fraction of sp³-hybridized carbons (Fsp3) is 0.938. The van der Waals surface area contributed by atoms with E-state index < -0.39 is 15.6 Å². The highest BCUT2D eigenvalue weighted by Crippen LogP contribution is 2.05. The maximum Gasteiger partial charge on any atom is 0.209 e. The van der Waals surface area contributed by atoms with Gasteiger partial charge in [0.2, 0.25) is 10.0 Å². The van der Waals surface area contributed by atoms with Gasteiger partial charge in [0.1, 0.15) is 0 Å². The predicted molar refractivity (Wildman–Crippen MR) is 118 cm³/mol. The number of hydrogen-bond donors (Lipinski definition) is 3. The minimum Gasteiger partial charge on any atom is -0.356 e. The van der Waals surface area contributed by atoms with Crippen LogP contribution in [0.15, 0.2) is 4.99 Å². The molecule has 0 aliphatic heterocycles. The maximum absolute atomic E-state index is 11.4. The third-order valence-corrected chi connectivity index (χ3v) is 4.52. The number of halogens is 1. The highest BCUT2D eigenvalue weighted by atomic mass is 127. The lowest BCUT2D eigenvalue weighted by molar-refractivity contribution is 0.173. The van der Waals surface area contributed by atoms with Crippen LogP contribution in [0, 0.1) is 0 Å². The summed E-state index contributed by atoms with van der Waals surface area (Å²) in [6, 6.07) is 1.07. The van der Waals surface area contributed by atoms with Crippen molar-refractivity contribution in [3.63, 3.8) is 0 Å². The topological polar surface area (TPSA) is 85.8 Å². The number of rotatable bonds is 10. The minimum atomic E-state index is -3.24. The molecule has 3 N–H and O–H groups in total. The number of sulfonamides is 1. The van der Waals surface area contributed by atoms with Crippen molar-refractivity contribution in [2.75, 3.05) is 32.9 Å². The highest BCUT2D eigenvalue weighted by molar-refractivity contribution is 14.0. The Morgan fingerprint density at radius 1 is 1.12 bits per heavy atom. The summed E-state index contributed by atoms with van der Waals surface area (Å²) in [4.78, 5) is 6.63. The first-order valence-electron chi connectivity index (χ1n) is 8.57. The van der Waals surface area contributed by atoms with Crippen LogP contribution in [0.5, 0.6) is 0 Å². The SMILES string of the molecule is CN=C(NCCCN(C(C)C)C(C)C)NCC(C)(C)NS(C)(=O)=O.I. The molecule has 0 unspecified atom stereocenters. The molecular weight excluding hydrogens is 453 g/mol. The van der Waals surface area contributed by atoms with Crippen LogP contribution in [-0.2, 0) is 10.0 Å². The van der Waals surface area contributed by atoms with Gasteiger partial charge in [-0.2, -0.15) is 0 Å². The van der Waals surface area contributed by atoms with Gasteiger partial charge in [-0.1, -0.05) is 0 Å². The second-order valence-corrected chi connectivity index (χ2v) is 9.14. The van der Waals surface area contributed by atoms with Crippen molar-refractivity contribution in [3.8, 4) is 0 Å². The lowest BCUT2D eigenvalue weighted by Gasteiger charge is -2.30. The molecule has 9 heteroatoms. The normalized spacial score (nSPS) is 13.3. The molecule has 0 aliphatic carbocycles. The van der Waals surface area contributed by atoms with Crippen LogP contribution in [-0.4, -0.2) is 69.8 Å². The zero-order valence-corrected chi connectivity index (χ0v) is 20.2. The molecule has 0 radical (unpaired) electrons. The van der Waals surface area contributed by atoms with Gasteiger partial charge >= 0.3 is 0 Å². The Hall–Kier alpha value is -0.130. The van der Waals surface area contributed by atoms with E-state index in [1.165, 1.54) is 0 Å². The van der Waals surface area contributed by atoms with Gasteiger partial charge in [0, 0.05) is 44.3 Å². The minimum absolute atomic E-state index is 0. The number of guanidine groups is 1. The number of nitrogens with zero attached hydrogens (tertiary/aromatic N) is 2. The first-order chi connectivity index (χ1) is 10.9. The second-order valence-electron chi connectivity index (χ2n) is 7.39. The second kappa shape index (κ2) is 12.3. The zero-order valence-electron chi connectivity index (χ0n) is 17.0. The molecule has 0 aliphatic rings. The third-order valence-electron chi connectivity index (χ3n) is 3.60. The van der Waals surface area contributed by atoms with E-state index in [9.17, 15) is 8.42 Å². The summed E-state index contributed by atoms with van der Waals surface area (Å²) < 4.78 is 25.3. The van der Waals surface area contributed by atoms with Crippen LogP contribution >= 0.6 is 24.0 Å². The molecule has 0 aromatic rings. The van der Waals surface area contributed by atoms with Crippen LogP contribution < -0.4 is 15.4 Å². The van der Waals surface area contributed by atoms with E-state index in [-0.39, 0.29) is 24.0 Å². The van der Waals surface area contributed by atoms with Crippen molar-refractivity contribution >= 4 is 40.0 Å². The molecule has 0 saturated heterocycles. The van der Waals surface area contributed by atoms with Crippen LogP contribution in [0.3, 0.4) is 0 Å². The van der Waals surface area contributed by atoms with Gasteiger partial charge in [-0.05, 0) is 48.0 Å². The quantitative estimate of drug-likeness (QED) is 0.187. The van der Waals surface area contributed by atoms with E-state index >= 15 is 0 Å². The van der Waals surface area contributed by atoms with Crippen LogP contribution in [0.2, 0.25) is 0 Å². The molecule has 0 bridgehead atoms. The van der Waals surface area contributed by atoms with Crippen molar-refractivity contribution in [2.24, 2.45) is 4.99 Å². The lowest BCUT2D eigenvalue weighted by atomic mass is 10.1. The van der Waals surface area contributed by atoms with Crippen molar-refractivity contribution in [2.45, 2.75) is 65.6 Å². The highest BCUT2D eigenvalue weighted by Gasteiger charge is 2.22. The summed E-state index contributed by atoms with van der Waals surface area (Å²) in [6.07, 6.45) is 2.18. The molecule has 0 atom stereocenters. The molecule has 0 aromatic carbocycles. The summed E-state index contributed by atoms with van der Waals surface area (Å²) in [7, 11) is -1.53. The smallest absolute Gasteiger partial charge is 0.209 e. The Kier molecular flexibility index (Phi) is 13.3. The number of nitrogens with one attached hydrogen (secondary N) is 3. The molecule has 0 heterocycles. The molecule has 0 fully saturated rings. The van der Waals surface area contributed by atoms with E-state index in [0.717, 1.165) is 25.8 Å². The molecule has 0 aromatic heterocycles. The molecule has 152 valence electrons. The van der Waals surface area contributed by atoms with Crippen molar-refractivity contribution in [1.29, 1.82) is 0 Å². The van der Waals surface area contributed by atoms with Crippen LogP contribution in [0.1, 0.15) is 48.0 Å². The Morgan fingerprint density at radius 3 is 2.04 bits per heavy atom. The molecule has 0 saturated carbocycles. The first kappa shape index (κ1) is 27.1. The Labute approximate surface area is 171 Å². The van der Waals surface area contributed by atoms with Crippen molar-refractivity contribution in [3.05, 3.63) is 0 Å². The first-order valence-corrected chi connectivity index (χ1v) is 10.5. The summed E-state index contributed by atoms with van der Waals surface area (Å²) >= 11 is 0. The van der Waals surface area contributed by atoms with Gasteiger partial charge in [-0.3, -0.25) is 9.89 Å². The molecule has 25 heavy (non-hydrogen) atoms. The third kappa shape index (κ3) is 13.7. The summed E-state index contributed by atoms with van der Waals surface area (Å²) in [6.45, 7) is 14.8. The maximum atomic E-state index is 11.4. The van der Waals surface area contributed by atoms with Gasteiger partial charge in [-0.25, -0.2) is 13.1 Å². The van der Waals surface area contributed by atoms with E-state index in [1.54, 1.807) is 7.05 Å². The molecule has 0 amide bonds. The average Bonchev–Trinajstić information content (AvgIpc) is 2.38. The zero-order chi connectivity index (χ0) is 19.0. The number of aliphatic imine (C=N–C) groups is 1. The predicted octanol–water partition coefficient (Wildman–Crippen LogP) is 1.61. The summed E-state index contributed by atoms with van der Waals surface area (Å²) in [5.74, 6) is 0.680. The molecule has 0 spiro atoms. The average molecular weight is 491 g/mol. The van der Waals surface area contributed by atoms with Gasteiger partial charge in [0.05, 0.1) is 6.26 Å². The van der Waals surface area contributed by atoms with Gasteiger partial charge in [0.25, 0.3) is 0 Å². The fourth-order valence-electron chi connectivity index (χ4n) is 2.64. The molecular formula is C16H38IN5O2S. The van der Waals surface area contributed by atoms with E-state index in [0.29, 0.717) is 24.6 Å². The van der Waals surface area contributed by atoms with Crippen LogP contribution in [0.25, 0.3) is 0 Å². The molecule has 7 nitrogen and oxygen atoms in total. The van der Waals surface area contributed by atoms with Gasteiger partial charge < -0.3 is 10.6 Å². The van der Waals surface area contributed by atoms with Crippen molar-refractivity contribution < 1.29 is 8.42 Å². The van der Waals surface area contributed by atoms with E-state index in [1.807, 2.05) is 13.8 Å². The number of hydrogen-bond acceptors (Lipinski definition) is 4. The van der Waals surface area contributed by atoms with Crippen molar-refractivity contribution in [1.82, 2.24) is 20.3 Å². The van der Waals surface area contributed by atoms with Crippen LogP contribution in [0.4, 0.5) is 0 Å². The largest absolute Gasteiger partial charge is 0.356 e. The summed E-state index contributed by atoms with van der Waals surface area (Å²) in [5, 5.41) is 6.44. The standard InChI is InChI=1S/C16H37N5O2S.HI/c1-13(2)21(14(3)4)11-9-10-18-15(17-7)19-12-16(5,6)20-24(8,22)23;/h13-14,20H,9-12H2,1-8H3,(H2,17,18,19);1H. The summed E-state index contributed by atoms with van der Waals surface area (Å²) in [5.41, 5.74) is -0.586. The Bertz CT molecular complexity index is 485. The monoisotopic (exact) mass is 491 g/mol. The van der Waals surface area contributed by atoms with E-state index in [2.05, 4.69) is 52.9 Å². The lowest BCUT2D eigenvalue weighted by Crippen LogP contribution is -2.53. The molecule has 0 rings (SSSR count). The fourth-order valence-corrected chi connectivity index (χ4v) is 3.72. The van der Waals surface area contributed by atoms with E-state index in [4.69, 9.17) is 0 Å². The Morgan fingerprint density at radius 2 is 1.64 bits per heavy atom.